The average Bonchev–Trinajstić information content (AvgIpc) is 2.72. The monoisotopic (exact) mass is 315 g/mol. The van der Waals surface area contributed by atoms with Crippen LogP contribution in [0, 0.1) is 0 Å². The number of aryl methyl sites for hydroxylation is 1. The van der Waals surface area contributed by atoms with Crippen LogP contribution in [0.15, 0.2) is 24.5 Å². The lowest BCUT2D eigenvalue weighted by Crippen LogP contribution is -2.05. The Morgan fingerprint density at radius 1 is 1.47 bits per heavy atom. The zero-order chi connectivity index (χ0) is 12.3. The summed E-state index contributed by atoms with van der Waals surface area (Å²) in [5.41, 5.74) is 0.941. The SMILES string of the molecule is Cn1ncnc1COc1cccc(Cl)c1CBr. The number of rotatable bonds is 4. The van der Waals surface area contributed by atoms with E-state index in [0.29, 0.717) is 17.0 Å². The van der Waals surface area contributed by atoms with Gasteiger partial charge in [-0.25, -0.2) is 4.98 Å². The molecule has 0 saturated carbocycles. The van der Waals surface area contributed by atoms with Gasteiger partial charge in [-0.05, 0) is 12.1 Å². The molecular weight excluding hydrogens is 305 g/mol. The molecule has 0 bridgehead atoms. The average molecular weight is 317 g/mol. The molecule has 4 nitrogen and oxygen atoms in total. The van der Waals surface area contributed by atoms with Crippen LogP contribution in [0.5, 0.6) is 5.75 Å². The van der Waals surface area contributed by atoms with Gasteiger partial charge in [-0.2, -0.15) is 5.10 Å². The van der Waals surface area contributed by atoms with Gasteiger partial charge in [0.1, 0.15) is 18.7 Å². The van der Waals surface area contributed by atoms with Gasteiger partial charge in [0.2, 0.25) is 0 Å². The van der Waals surface area contributed by atoms with Crippen molar-refractivity contribution in [2.45, 2.75) is 11.9 Å². The van der Waals surface area contributed by atoms with E-state index in [1.807, 2.05) is 25.2 Å². The molecule has 6 heteroatoms. The van der Waals surface area contributed by atoms with Crippen molar-refractivity contribution in [3.05, 3.63) is 40.9 Å². The molecule has 0 spiro atoms. The highest BCUT2D eigenvalue weighted by Crippen LogP contribution is 2.28. The predicted molar refractivity (Wildman–Crippen MR) is 69.4 cm³/mol. The third kappa shape index (κ3) is 2.79. The smallest absolute Gasteiger partial charge is 0.164 e. The Labute approximate surface area is 113 Å². The molecule has 0 amide bonds. The summed E-state index contributed by atoms with van der Waals surface area (Å²) in [6.45, 7) is 0.372. The highest BCUT2D eigenvalue weighted by atomic mass is 79.9. The van der Waals surface area contributed by atoms with E-state index in [0.717, 1.165) is 17.1 Å². The van der Waals surface area contributed by atoms with Crippen LogP contribution in [0.1, 0.15) is 11.4 Å². The van der Waals surface area contributed by atoms with Crippen molar-refractivity contribution < 1.29 is 4.74 Å². The number of nitrogens with zero attached hydrogens (tertiary/aromatic N) is 3. The summed E-state index contributed by atoms with van der Waals surface area (Å²) in [6.07, 6.45) is 1.50. The van der Waals surface area contributed by atoms with Gasteiger partial charge >= 0.3 is 0 Å². The molecule has 0 aliphatic heterocycles. The van der Waals surface area contributed by atoms with Crippen molar-refractivity contribution in [2.75, 3.05) is 0 Å². The molecule has 0 N–H and O–H groups in total. The zero-order valence-electron chi connectivity index (χ0n) is 9.23. The molecule has 1 aromatic carbocycles. The van der Waals surface area contributed by atoms with Gasteiger partial charge in [0, 0.05) is 23.0 Å². The Balaban J connectivity index is 2.14. The number of aromatic nitrogens is 3. The number of hydrogen-bond acceptors (Lipinski definition) is 3. The van der Waals surface area contributed by atoms with Crippen LogP contribution < -0.4 is 4.74 Å². The van der Waals surface area contributed by atoms with E-state index in [2.05, 4.69) is 26.0 Å². The van der Waals surface area contributed by atoms with E-state index in [1.54, 1.807) is 4.68 Å². The second-order valence-electron chi connectivity index (χ2n) is 3.44. The zero-order valence-corrected chi connectivity index (χ0v) is 11.6. The van der Waals surface area contributed by atoms with Crippen molar-refractivity contribution in [1.29, 1.82) is 0 Å². The molecule has 1 aromatic heterocycles. The van der Waals surface area contributed by atoms with Gasteiger partial charge in [-0.15, -0.1) is 0 Å². The summed E-state index contributed by atoms with van der Waals surface area (Å²) in [5.74, 6) is 1.53. The van der Waals surface area contributed by atoms with Gasteiger partial charge < -0.3 is 4.74 Å². The fourth-order valence-electron chi connectivity index (χ4n) is 1.40. The molecule has 0 fully saturated rings. The highest BCUT2D eigenvalue weighted by molar-refractivity contribution is 9.08. The first kappa shape index (κ1) is 12.4. The topological polar surface area (TPSA) is 39.9 Å². The largest absolute Gasteiger partial charge is 0.485 e. The predicted octanol–water partition coefficient (Wildman–Crippen LogP) is 2.94. The molecule has 1 heterocycles. The van der Waals surface area contributed by atoms with E-state index in [4.69, 9.17) is 16.3 Å². The summed E-state index contributed by atoms with van der Waals surface area (Å²) < 4.78 is 7.38. The van der Waals surface area contributed by atoms with Gasteiger partial charge in [0.15, 0.2) is 5.82 Å². The Kier molecular flexibility index (Phi) is 4.02. The van der Waals surface area contributed by atoms with E-state index >= 15 is 0 Å². The fourth-order valence-corrected chi connectivity index (χ4v) is 2.37. The second-order valence-corrected chi connectivity index (χ2v) is 4.41. The maximum Gasteiger partial charge on any atom is 0.164 e. The quantitative estimate of drug-likeness (QED) is 0.814. The molecule has 0 aliphatic rings. The Hall–Kier alpha value is -1.07. The van der Waals surface area contributed by atoms with Crippen LogP contribution >= 0.6 is 27.5 Å². The second kappa shape index (κ2) is 5.51. The van der Waals surface area contributed by atoms with Gasteiger partial charge in [0.05, 0.1) is 0 Å². The van der Waals surface area contributed by atoms with Gasteiger partial charge in [-0.1, -0.05) is 33.6 Å². The molecule has 2 rings (SSSR count). The number of ether oxygens (including phenoxy) is 1. The molecule has 17 heavy (non-hydrogen) atoms. The summed E-state index contributed by atoms with van der Waals surface area (Å²) in [7, 11) is 1.83. The van der Waals surface area contributed by atoms with Crippen LogP contribution in [-0.4, -0.2) is 14.8 Å². The van der Waals surface area contributed by atoms with Crippen molar-refractivity contribution in [3.8, 4) is 5.75 Å². The molecule has 2 aromatic rings. The lowest BCUT2D eigenvalue weighted by molar-refractivity contribution is 0.288. The molecule has 0 aliphatic carbocycles. The summed E-state index contributed by atoms with van der Waals surface area (Å²) in [6, 6.07) is 5.59. The van der Waals surface area contributed by atoms with Crippen LogP contribution in [0.25, 0.3) is 0 Å². The molecule has 0 radical (unpaired) electrons. The molecular formula is C11H11BrClN3O. The third-order valence-electron chi connectivity index (χ3n) is 2.37. The third-order valence-corrected chi connectivity index (χ3v) is 3.29. The normalized spacial score (nSPS) is 10.5. The van der Waals surface area contributed by atoms with Gasteiger partial charge in [0.25, 0.3) is 0 Å². The number of benzene rings is 1. The van der Waals surface area contributed by atoms with Crippen LogP contribution in [0.3, 0.4) is 0 Å². The summed E-state index contributed by atoms with van der Waals surface area (Å²) >= 11 is 9.47. The minimum atomic E-state index is 0.372. The first-order valence-electron chi connectivity index (χ1n) is 5.01. The first-order valence-corrected chi connectivity index (χ1v) is 6.51. The lowest BCUT2D eigenvalue weighted by atomic mass is 10.2. The highest BCUT2D eigenvalue weighted by Gasteiger charge is 2.08. The number of halogens is 2. The standard InChI is InChI=1S/C11H11BrClN3O/c1-16-11(14-7-15-16)6-17-10-4-2-3-9(13)8(10)5-12/h2-4,7H,5-6H2,1H3. The van der Waals surface area contributed by atoms with Crippen molar-refractivity contribution in [2.24, 2.45) is 7.05 Å². The Morgan fingerprint density at radius 2 is 2.29 bits per heavy atom. The van der Waals surface area contributed by atoms with E-state index in [9.17, 15) is 0 Å². The summed E-state index contributed by atoms with van der Waals surface area (Å²) in [5, 5.41) is 5.32. The van der Waals surface area contributed by atoms with E-state index in [1.165, 1.54) is 6.33 Å². The maximum atomic E-state index is 6.08. The van der Waals surface area contributed by atoms with Crippen molar-refractivity contribution in [3.63, 3.8) is 0 Å². The van der Waals surface area contributed by atoms with E-state index in [-0.39, 0.29) is 0 Å². The molecule has 0 atom stereocenters. The fraction of sp³-hybridized carbons (Fsp3) is 0.273. The van der Waals surface area contributed by atoms with Crippen LogP contribution in [0.2, 0.25) is 5.02 Å². The Morgan fingerprint density at radius 3 is 2.94 bits per heavy atom. The lowest BCUT2D eigenvalue weighted by Gasteiger charge is -2.10. The molecule has 0 unspecified atom stereocenters. The van der Waals surface area contributed by atoms with E-state index < -0.39 is 0 Å². The first-order chi connectivity index (χ1) is 8.22. The molecule has 0 saturated heterocycles. The Bertz CT molecular complexity index is 515. The van der Waals surface area contributed by atoms with Crippen molar-refractivity contribution >= 4 is 27.5 Å². The van der Waals surface area contributed by atoms with Crippen LogP contribution in [-0.2, 0) is 19.0 Å². The van der Waals surface area contributed by atoms with Gasteiger partial charge in [-0.3, -0.25) is 4.68 Å². The number of alkyl halides is 1. The van der Waals surface area contributed by atoms with Crippen molar-refractivity contribution in [1.82, 2.24) is 14.8 Å². The number of hydrogen-bond donors (Lipinski definition) is 0. The summed E-state index contributed by atoms with van der Waals surface area (Å²) in [4.78, 5) is 4.09. The minimum absolute atomic E-state index is 0.372. The minimum Gasteiger partial charge on any atom is -0.485 e. The van der Waals surface area contributed by atoms with Crippen LogP contribution in [0.4, 0.5) is 0 Å². The maximum absolute atomic E-state index is 6.08. The molecule has 90 valence electrons.